The van der Waals surface area contributed by atoms with Crippen molar-refractivity contribution in [1.29, 1.82) is 0 Å². The van der Waals surface area contributed by atoms with E-state index in [2.05, 4.69) is 39.3 Å². The van der Waals surface area contributed by atoms with E-state index >= 15 is 0 Å². The van der Waals surface area contributed by atoms with Crippen LogP contribution >= 0.6 is 0 Å². The molecule has 3 aliphatic heterocycles. The predicted molar refractivity (Wildman–Crippen MR) is 153 cm³/mol. The van der Waals surface area contributed by atoms with Crippen molar-refractivity contribution in [2.75, 3.05) is 19.8 Å². The minimum Gasteiger partial charge on any atom is -0.417 e. The van der Waals surface area contributed by atoms with Gasteiger partial charge in [0.1, 0.15) is 0 Å². The highest BCUT2D eigenvalue weighted by molar-refractivity contribution is 6.71. The van der Waals surface area contributed by atoms with E-state index in [1.54, 1.807) is 0 Å². The van der Waals surface area contributed by atoms with E-state index < -0.39 is 25.0 Å². The van der Waals surface area contributed by atoms with Crippen molar-refractivity contribution in [3.8, 4) is 0 Å². The van der Waals surface area contributed by atoms with Crippen molar-refractivity contribution in [1.82, 2.24) is 0 Å². The van der Waals surface area contributed by atoms with Crippen LogP contribution in [0.5, 0.6) is 0 Å². The molecule has 0 aliphatic carbocycles. The van der Waals surface area contributed by atoms with Crippen molar-refractivity contribution < 1.29 is 13.3 Å². The minimum atomic E-state index is -1.09. The first kappa shape index (κ1) is 44.2. The first-order valence-electron chi connectivity index (χ1n) is 10.0. The fourth-order valence-corrected chi connectivity index (χ4v) is 9.05. The molecule has 3 heterocycles. The summed E-state index contributed by atoms with van der Waals surface area (Å²) < 4.78 is 16.8. The average molecular weight is 487 g/mol. The van der Waals surface area contributed by atoms with Crippen molar-refractivity contribution in [2.24, 2.45) is 0 Å². The fraction of sp³-hybridized carbons (Fsp3) is 1.00. The third kappa shape index (κ3) is 23.2. The van der Waals surface area contributed by atoms with Gasteiger partial charge in [0.05, 0.1) is 0 Å². The molecule has 6 heteroatoms. The number of rotatable bonds is 0. The van der Waals surface area contributed by atoms with Gasteiger partial charge in [-0.15, -0.1) is 0 Å². The molecule has 3 aliphatic rings. The van der Waals surface area contributed by atoms with Gasteiger partial charge in [-0.2, -0.15) is 0 Å². The summed E-state index contributed by atoms with van der Waals surface area (Å²) >= 11 is 0. The van der Waals surface area contributed by atoms with E-state index in [1.807, 2.05) is 0 Å². The second-order valence-electron chi connectivity index (χ2n) is 9.20. The molecule has 30 heavy (non-hydrogen) atoms. The van der Waals surface area contributed by atoms with Crippen LogP contribution in [0.25, 0.3) is 0 Å². The van der Waals surface area contributed by atoms with Crippen LogP contribution in [-0.4, -0.2) is 44.8 Å². The van der Waals surface area contributed by atoms with E-state index in [4.69, 9.17) is 13.3 Å². The maximum absolute atomic E-state index is 5.60. The van der Waals surface area contributed by atoms with Gasteiger partial charge in [0, 0.05) is 19.8 Å². The van der Waals surface area contributed by atoms with Gasteiger partial charge in [-0.05, 0) is 76.7 Å². The molecule has 3 saturated heterocycles. The van der Waals surface area contributed by atoms with Crippen LogP contribution in [0.1, 0.15) is 83.1 Å². The summed E-state index contributed by atoms with van der Waals surface area (Å²) in [6.45, 7) is 16.9. The highest BCUT2D eigenvalue weighted by Crippen LogP contribution is 2.21. The van der Waals surface area contributed by atoms with Gasteiger partial charge in [0.15, 0.2) is 25.0 Å². The van der Waals surface area contributed by atoms with Gasteiger partial charge in [0.25, 0.3) is 0 Å². The van der Waals surface area contributed by atoms with Gasteiger partial charge in [-0.25, -0.2) is 0 Å². The molecule has 0 spiro atoms. The van der Waals surface area contributed by atoms with Crippen LogP contribution in [0.2, 0.25) is 57.4 Å². The molecule has 0 bridgehead atoms. The Morgan fingerprint density at radius 3 is 0.633 bits per heavy atom. The Labute approximate surface area is 198 Å². The molecule has 0 aromatic rings. The maximum atomic E-state index is 5.60. The molecule has 0 aromatic heterocycles. The number of hydrogen-bond donors (Lipinski definition) is 0. The lowest BCUT2D eigenvalue weighted by molar-refractivity contribution is 0.275. The van der Waals surface area contributed by atoms with Crippen molar-refractivity contribution in [3.05, 3.63) is 0 Å². The van der Waals surface area contributed by atoms with E-state index in [0.29, 0.717) is 0 Å². The summed E-state index contributed by atoms with van der Waals surface area (Å²) in [7, 11) is -3.27. The van der Waals surface area contributed by atoms with E-state index in [9.17, 15) is 0 Å². The summed E-state index contributed by atoms with van der Waals surface area (Å²) in [5.74, 6) is 0. The molecule has 0 N–H and O–H groups in total. The second kappa shape index (κ2) is 21.4. The topological polar surface area (TPSA) is 27.7 Å². The molecule has 192 valence electrons. The van der Waals surface area contributed by atoms with Crippen molar-refractivity contribution in [3.63, 3.8) is 0 Å². The molecule has 0 aromatic carbocycles. The SMILES string of the molecule is C.C.C.C.C.C.C[Si]1(C)CCCCO1.C[Si]1(C)CCCCO1.C[Si]1(C)CCCCO1. The summed E-state index contributed by atoms with van der Waals surface area (Å²) in [6.07, 6.45) is 8.07. The van der Waals surface area contributed by atoms with Gasteiger partial charge in [-0.1, -0.05) is 63.8 Å². The van der Waals surface area contributed by atoms with E-state index in [-0.39, 0.29) is 44.6 Å². The van der Waals surface area contributed by atoms with Crippen LogP contribution in [0.3, 0.4) is 0 Å². The Balaban J connectivity index is -0.0000000655. The van der Waals surface area contributed by atoms with Crippen LogP contribution in [0, 0.1) is 0 Å². The fourth-order valence-electron chi connectivity index (χ4n) is 3.22. The molecule has 0 saturated carbocycles. The van der Waals surface area contributed by atoms with Gasteiger partial charge in [-0.3, -0.25) is 0 Å². The summed E-state index contributed by atoms with van der Waals surface area (Å²) in [4.78, 5) is 0. The Morgan fingerprint density at radius 2 is 0.567 bits per heavy atom. The monoisotopic (exact) mass is 486 g/mol. The first-order valence-corrected chi connectivity index (χ1v) is 19.4. The van der Waals surface area contributed by atoms with Crippen LogP contribution in [0.15, 0.2) is 0 Å². The normalized spacial score (nSPS) is 22.2. The standard InChI is InChI=1S/3C6H14OSi.6CH4/c3*1-8(2)6-4-3-5-7-8;;;;;;/h3*3-6H2,1-2H3;6*1H4. The summed E-state index contributed by atoms with van der Waals surface area (Å²) in [5.41, 5.74) is 0. The van der Waals surface area contributed by atoms with Crippen LogP contribution in [-0.2, 0) is 13.3 Å². The molecule has 0 amide bonds. The number of hydrogen-bond acceptors (Lipinski definition) is 3. The van der Waals surface area contributed by atoms with Crippen molar-refractivity contribution in [2.45, 2.75) is 140 Å². The third-order valence-corrected chi connectivity index (χ3v) is 12.6. The van der Waals surface area contributed by atoms with Gasteiger partial charge >= 0.3 is 0 Å². The highest BCUT2D eigenvalue weighted by atomic mass is 28.4. The molecule has 0 radical (unpaired) electrons. The Bertz CT molecular complexity index is 272. The van der Waals surface area contributed by atoms with Crippen LogP contribution in [0.4, 0.5) is 0 Å². The molecular formula is C24H66O3Si3. The van der Waals surface area contributed by atoms with Crippen LogP contribution < -0.4 is 0 Å². The quantitative estimate of drug-likeness (QED) is 0.319. The van der Waals surface area contributed by atoms with E-state index in [1.165, 1.54) is 56.7 Å². The molecule has 3 rings (SSSR count). The largest absolute Gasteiger partial charge is 0.417 e. The predicted octanol–water partition coefficient (Wildman–Crippen LogP) is 9.82. The molecule has 3 fully saturated rings. The third-order valence-electron chi connectivity index (χ3n) is 5.00. The zero-order valence-corrected chi connectivity index (χ0v) is 20.2. The Morgan fingerprint density at radius 1 is 0.367 bits per heavy atom. The molecular weight excluding hydrogens is 421 g/mol. The van der Waals surface area contributed by atoms with Crippen molar-refractivity contribution >= 4 is 25.0 Å². The van der Waals surface area contributed by atoms with Gasteiger partial charge < -0.3 is 13.3 Å². The summed E-state index contributed by atoms with van der Waals surface area (Å²) in [5, 5.41) is 0. The Kier molecular flexibility index (Phi) is 31.5. The second-order valence-corrected chi connectivity index (χ2v) is 22.1. The maximum Gasteiger partial charge on any atom is 0.186 e. The minimum absolute atomic E-state index is 0. The first-order chi connectivity index (χ1) is 11.1. The molecule has 0 atom stereocenters. The van der Waals surface area contributed by atoms with E-state index in [0.717, 1.165) is 19.8 Å². The lowest BCUT2D eigenvalue weighted by Crippen LogP contribution is -2.33. The molecule has 0 unspecified atom stereocenters. The Hall–Kier alpha value is 0.531. The average Bonchev–Trinajstić information content (AvgIpc) is 2.48. The summed E-state index contributed by atoms with van der Waals surface area (Å²) in [6, 6.07) is 4.10. The lowest BCUT2D eigenvalue weighted by Gasteiger charge is -2.27. The molecule has 3 nitrogen and oxygen atoms in total. The zero-order valence-electron chi connectivity index (χ0n) is 17.2. The van der Waals surface area contributed by atoms with Gasteiger partial charge in [0.2, 0.25) is 0 Å². The zero-order chi connectivity index (χ0) is 18.1. The smallest absolute Gasteiger partial charge is 0.186 e. The highest BCUT2D eigenvalue weighted by Gasteiger charge is 2.25. The lowest BCUT2D eigenvalue weighted by atomic mass is 10.4.